The molecule has 116 valence electrons. The fourth-order valence-corrected chi connectivity index (χ4v) is 2.49. The number of rotatable bonds is 4. The number of methoxy groups -OCH3 is 2. The Morgan fingerprint density at radius 3 is 2.36 bits per heavy atom. The summed E-state index contributed by atoms with van der Waals surface area (Å²) in [6, 6.07) is 9.19. The van der Waals surface area contributed by atoms with E-state index in [2.05, 4.69) is 15.9 Å². The van der Waals surface area contributed by atoms with Crippen molar-refractivity contribution < 1.29 is 18.7 Å². The number of benzene rings is 2. The van der Waals surface area contributed by atoms with Crippen LogP contribution < -0.4 is 14.4 Å². The van der Waals surface area contributed by atoms with E-state index in [1.807, 2.05) is 0 Å². The fourth-order valence-electron chi connectivity index (χ4n) is 2.02. The Bertz CT molecular complexity index is 686. The minimum atomic E-state index is -0.474. The molecule has 6 heteroatoms. The van der Waals surface area contributed by atoms with Gasteiger partial charge >= 0.3 is 0 Å². The van der Waals surface area contributed by atoms with E-state index in [1.54, 1.807) is 31.3 Å². The van der Waals surface area contributed by atoms with E-state index in [-0.39, 0.29) is 11.5 Å². The van der Waals surface area contributed by atoms with Crippen LogP contribution in [0.15, 0.2) is 40.9 Å². The largest absolute Gasteiger partial charge is 0.493 e. The Balaban J connectivity index is 2.34. The maximum Gasteiger partial charge on any atom is 0.258 e. The van der Waals surface area contributed by atoms with Crippen molar-refractivity contribution in [2.45, 2.75) is 0 Å². The van der Waals surface area contributed by atoms with Crippen molar-refractivity contribution in [2.24, 2.45) is 0 Å². The highest BCUT2D eigenvalue weighted by molar-refractivity contribution is 9.10. The SMILES string of the molecule is COc1ccc(N(C)C(=O)c2cc(F)cc(Br)c2)cc1OC. The van der Waals surface area contributed by atoms with Gasteiger partial charge in [0.15, 0.2) is 11.5 Å². The van der Waals surface area contributed by atoms with Gasteiger partial charge in [-0.3, -0.25) is 4.79 Å². The second-order valence-corrected chi connectivity index (χ2v) is 5.48. The van der Waals surface area contributed by atoms with Gasteiger partial charge in [0.05, 0.1) is 14.2 Å². The molecule has 2 aromatic rings. The number of amides is 1. The summed E-state index contributed by atoms with van der Waals surface area (Å²) < 4.78 is 24.3. The van der Waals surface area contributed by atoms with Gasteiger partial charge in [-0.15, -0.1) is 0 Å². The molecule has 22 heavy (non-hydrogen) atoms. The molecule has 0 spiro atoms. The van der Waals surface area contributed by atoms with E-state index in [9.17, 15) is 9.18 Å². The Morgan fingerprint density at radius 1 is 1.09 bits per heavy atom. The first-order chi connectivity index (χ1) is 10.5. The molecule has 0 saturated carbocycles. The monoisotopic (exact) mass is 367 g/mol. The molecule has 0 aliphatic carbocycles. The van der Waals surface area contributed by atoms with Crippen molar-refractivity contribution in [2.75, 3.05) is 26.2 Å². The van der Waals surface area contributed by atoms with Crippen molar-refractivity contribution in [3.63, 3.8) is 0 Å². The van der Waals surface area contributed by atoms with E-state index in [4.69, 9.17) is 9.47 Å². The number of halogens is 2. The molecule has 0 heterocycles. The smallest absolute Gasteiger partial charge is 0.258 e. The molecule has 0 atom stereocenters. The Morgan fingerprint density at radius 2 is 1.77 bits per heavy atom. The number of carbonyl (C=O) groups excluding carboxylic acids is 1. The third-order valence-electron chi connectivity index (χ3n) is 3.17. The van der Waals surface area contributed by atoms with Gasteiger partial charge in [-0.2, -0.15) is 0 Å². The molecule has 0 aromatic heterocycles. The molecule has 0 aliphatic heterocycles. The van der Waals surface area contributed by atoms with E-state index < -0.39 is 5.82 Å². The summed E-state index contributed by atoms with van der Waals surface area (Å²) >= 11 is 3.18. The summed E-state index contributed by atoms with van der Waals surface area (Å²) in [5.41, 5.74) is 0.868. The normalized spacial score (nSPS) is 10.2. The van der Waals surface area contributed by atoms with Crippen molar-refractivity contribution in [1.29, 1.82) is 0 Å². The topological polar surface area (TPSA) is 38.8 Å². The van der Waals surface area contributed by atoms with Crippen molar-refractivity contribution in [3.05, 3.63) is 52.3 Å². The molecule has 2 aromatic carbocycles. The van der Waals surface area contributed by atoms with E-state index in [1.165, 1.54) is 31.3 Å². The fraction of sp³-hybridized carbons (Fsp3) is 0.188. The molecular formula is C16H15BrFNO3. The maximum atomic E-state index is 13.4. The molecule has 1 amide bonds. The zero-order chi connectivity index (χ0) is 16.3. The van der Waals surface area contributed by atoms with Crippen LogP contribution in [0, 0.1) is 5.82 Å². The second-order valence-electron chi connectivity index (χ2n) is 4.56. The van der Waals surface area contributed by atoms with Gasteiger partial charge in [0.2, 0.25) is 0 Å². The van der Waals surface area contributed by atoms with Crippen LogP contribution in [0.3, 0.4) is 0 Å². The second kappa shape index (κ2) is 6.79. The molecule has 0 bridgehead atoms. The van der Waals surface area contributed by atoms with Crippen LogP contribution in [0.5, 0.6) is 11.5 Å². The summed E-state index contributed by atoms with van der Waals surface area (Å²) in [7, 11) is 4.67. The third kappa shape index (κ3) is 3.39. The highest BCUT2D eigenvalue weighted by atomic mass is 79.9. The summed E-state index contributed by atoms with van der Waals surface area (Å²) in [5.74, 6) is 0.284. The number of hydrogen-bond donors (Lipinski definition) is 0. The predicted molar refractivity (Wildman–Crippen MR) is 86.4 cm³/mol. The Kier molecular flexibility index (Phi) is 5.03. The van der Waals surface area contributed by atoms with Crippen molar-refractivity contribution in [1.82, 2.24) is 0 Å². The van der Waals surface area contributed by atoms with Gasteiger partial charge in [0.25, 0.3) is 5.91 Å². The highest BCUT2D eigenvalue weighted by Crippen LogP contribution is 2.31. The zero-order valence-electron chi connectivity index (χ0n) is 12.4. The lowest BCUT2D eigenvalue weighted by Gasteiger charge is -2.19. The predicted octanol–water partition coefficient (Wildman–Crippen LogP) is 3.88. The molecule has 2 rings (SSSR count). The molecule has 0 radical (unpaired) electrons. The lowest BCUT2D eigenvalue weighted by molar-refractivity contribution is 0.0992. The Hall–Kier alpha value is -2.08. The third-order valence-corrected chi connectivity index (χ3v) is 3.63. The van der Waals surface area contributed by atoms with Gasteiger partial charge in [-0.05, 0) is 30.3 Å². The number of nitrogens with zero attached hydrogens (tertiary/aromatic N) is 1. The lowest BCUT2D eigenvalue weighted by Crippen LogP contribution is -2.26. The average Bonchev–Trinajstić information content (AvgIpc) is 2.51. The summed E-state index contributed by atoms with van der Waals surface area (Å²) in [6.07, 6.45) is 0. The minimum absolute atomic E-state index is 0.254. The van der Waals surface area contributed by atoms with Gasteiger partial charge in [-0.1, -0.05) is 15.9 Å². The molecule has 4 nitrogen and oxygen atoms in total. The first-order valence-electron chi connectivity index (χ1n) is 6.42. The lowest BCUT2D eigenvalue weighted by atomic mass is 10.1. The standard InChI is InChI=1S/C16H15BrFNO3/c1-19(13-4-5-14(21-2)15(9-13)22-3)16(20)10-6-11(17)8-12(18)7-10/h4-9H,1-3H3. The van der Waals surface area contributed by atoms with Crippen LogP contribution in [0.1, 0.15) is 10.4 Å². The van der Waals surface area contributed by atoms with Gasteiger partial charge in [0, 0.05) is 28.8 Å². The quantitative estimate of drug-likeness (QED) is 0.822. The van der Waals surface area contributed by atoms with Crippen LogP contribution in [0.4, 0.5) is 10.1 Å². The maximum absolute atomic E-state index is 13.4. The first kappa shape index (κ1) is 16.3. The summed E-state index contributed by atoms with van der Waals surface area (Å²) in [4.78, 5) is 13.9. The van der Waals surface area contributed by atoms with Crippen LogP contribution >= 0.6 is 15.9 Å². The molecule has 0 saturated heterocycles. The van der Waals surface area contributed by atoms with E-state index in [0.717, 1.165) is 0 Å². The summed E-state index contributed by atoms with van der Waals surface area (Å²) in [6.45, 7) is 0. The van der Waals surface area contributed by atoms with Crippen molar-refractivity contribution >= 4 is 27.5 Å². The number of carbonyl (C=O) groups is 1. The van der Waals surface area contributed by atoms with Gasteiger partial charge in [0.1, 0.15) is 5.82 Å². The summed E-state index contributed by atoms with van der Waals surface area (Å²) in [5, 5.41) is 0. The van der Waals surface area contributed by atoms with Crippen LogP contribution in [-0.4, -0.2) is 27.2 Å². The minimum Gasteiger partial charge on any atom is -0.493 e. The molecule has 0 aliphatic rings. The number of ether oxygens (including phenoxy) is 2. The van der Waals surface area contributed by atoms with Crippen LogP contribution in [-0.2, 0) is 0 Å². The zero-order valence-corrected chi connectivity index (χ0v) is 14.0. The average molecular weight is 368 g/mol. The molecule has 0 unspecified atom stereocenters. The van der Waals surface area contributed by atoms with Gasteiger partial charge < -0.3 is 14.4 Å². The highest BCUT2D eigenvalue weighted by Gasteiger charge is 2.16. The molecule has 0 N–H and O–H groups in total. The number of anilines is 1. The van der Waals surface area contributed by atoms with Crippen molar-refractivity contribution in [3.8, 4) is 11.5 Å². The molecular weight excluding hydrogens is 353 g/mol. The van der Waals surface area contributed by atoms with Gasteiger partial charge in [-0.25, -0.2) is 4.39 Å². The number of hydrogen-bond acceptors (Lipinski definition) is 3. The van der Waals surface area contributed by atoms with E-state index in [0.29, 0.717) is 21.7 Å². The first-order valence-corrected chi connectivity index (χ1v) is 7.21. The van der Waals surface area contributed by atoms with Crippen LogP contribution in [0.25, 0.3) is 0 Å². The van der Waals surface area contributed by atoms with Crippen LogP contribution in [0.2, 0.25) is 0 Å². The van der Waals surface area contributed by atoms with E-state index >= 15 is 0 Å². The Labute approximate surface area is 136 Å². The molecule has 0 fully saturated rings.